The first-order valence-corrected chi connectivity index (χ1v) is 9.93. The Morgan fingerprint density at radius 3 is 2.53 bits per heavy atom. The van der Waals surface area contributed by atoms with Crippen LogP contribution in [-0.4, -0.2) is 31.5 Å². The molecule has 2 rings (SSSR count). The van der Waals surface area contributed by atoms with Gasteiger partial charge in [0.2, 0.25) is 5.91 Å². The molecule has 2 aromatic rings. The van der Waals surface area contributed by atoms with Crippen molar-refractivity contribution in [3.05, 3.63) is 71.1 Å². The number of rotatable bonds is 12. The van der Waals surface area contributed by atoms with E-state index in [1.54, 1.807) is 24.3 Å². The molecule has 6 nitrogen and oxygen atoms in total. The van der Waals surface area contributed by atoms with Crippen LogP contribution in [0.4, 0.5) is 13.2 Å². The van der Waals surface area contributed by atoms with Crippen molar-refractivity contribution in [1.29, 1.82) is 0 Å². The summed E-state index contributed by atoms with van der Waals surface area (Å²) in [5.41, 5.74) is 0.862. The zero-order valence-corrected chi connectivity index (χ0v) is 17.8. The molecule has 0 heterocycles. The van der Waals surface area contributed by atoms with Crippen LogP contribution in [0.3, 0.4) is 0 Å². The van der Waals surface area contributed by atoms with Gasteiger partial charge in [-0.1, -0.05) is 36.4 Å². The Bertz CT molecular complexity index is 957. The van der Waals surface area contributed by atoms with Crippen LogP contribution in [0, 0.1) is 5.82 Å². The third-order valence-electron chi connectivity index (χ3n) is 4.04. The van der Waals surface area contributed by atoms with Crippen LogP contribution in [0.1, 0.15) is 18.4 Å². The lowest BCUT2D eigenvalue weighted by Gasteiger charge is -2.12. The minimum atomic E-state index is -2.60. The van der Waals surface area contributed by atoms with Crippen molar-refractivity contribution in [3.63, 3.8) is 0 Å². The number of hydrogen-bond acceptors (Lipinski definition) is 4. The molecule has 0 aliphatic heterocycles. The number of alkyl halides is 2. The van der Waals surface area contributed by atoms with Crippen LogP contribution < -0.4 is 20.1 Å². The standard InChI is InChI=1S/C22H22ClF3N2O4/c1-14(28-22(30)13-31-16-7-8-17(23)18(24)10-16)6-9-21(29)27-11-15-4-2-3-5-19(15)32-12-20(25)26/h2-5,7-8,10,20H,1,6,9,11-13H2,(H,27,29)(H,28,30). The molecule has 0 bridgehead atoms. The van der Waals surface area contributed by atoms with Gasteiger partial charge >= 0.3 is 0 Å². The molecular formula is C22H22ClF3N2O4. The molecule has 0 aliphatic carbocycles. The Morgan fingerprint density at radius 1 is 1.06 bits per heavy atom. The fourth-order valence-electron chi connectivity index (χ4n) is 2.50. The fraction of sp³-hybridized carbons (Fsp3) is 0.273. The van der Waals surface area contributed by atoms with E-state index in [1.807, 2.05) is 0 Å². The first kappa shape index (κ1) is 25.1. The van der Waals surface area contributed by atoms with Gasteiger partial charge in [0.15, 0.2) is 6.61 Å². The number of ether oxygens (including phenoxy) is 2. The van der Waals surface area contributed by atoms with Gasteiger partial charge in [-0.05, 0) is 24.6 Å². The summed E-state index contributed by atoms with van der Waals surface area (Å²) in [5, 5.41) is 5.10. The number of carbonyl (C=O) groups is 2. The SMILES string of the molecule is C=C(CCC(=O)NCc1ccccc1OCC(F)F)NC(=O)COc1ccc(Cl)c(F)c1. The smallest absolute Gasteiger partial charge is 0.272 e. The topological polar surface area (TPSA) is 76.7 Å². The van der Waals surface area contributed by atoms with Gasteiger partial charge in [0.05, 0.1) is 5.02 Å². The first-order chi connectivity index (χ1) is 15.2. The maximum absolute atomic E-state index is 13.4. The van der Waals surface area contributed by atoms with Crippen LogP contribution in [-0.2, 0) is 16.1 Å². The number of carbonyl (C=O) groups excluding carboxylic acids is 2. The van der Waals surface area contributed by atoms with Crippen LogP contribution in [0.15, 0.2) is 54.7 Å². The summed E-state index contributed by atoms with van der Waals surface area (Å²) in [5.74, 6) is -1.09. The summed E-state index contributed by atoms with van der Waals surface area (Å²) in [7, 11) is 0. The Balaban J connectivity index is 1.70. The molecule has 172 valence electrons. The van der Waals surface area contributed by atoms with E-state index in [1.165, 1.54) is 12.1 Å². The number of amides is 2. The van der Waals surface area contributed by atoms with Crippen molar-refractivity contribution in [3.8, 4) is 11.5 Å². The van der Waals surface area contributed by atoms with Crippen LogP contribution in [0.2, 0.25) is 5.02 Å². The molecule has 0 spiro atoms. The van der Waals surface area contributed by atoms with Gasteiger partial charge in [0.1, 0.15) is 23.9 Å². The third-order valence-corrected chi connectivity index (χ3v) is 4.35. The van der Waals surface area contributed by atoms with E-state index in [0.29, 0.717) is 11.3 Å². The lowest BCUT2D eigenvalue weighted by molar-refractivity contribution is -0.123. The summed E-state index contributed by atoms with van der Waals surface area (Å²) in [6.45, 7) is 2.68. The molecule has 2 N–H and O–H groups in total. The van der Waals surface area contributed by atoms with Gasteiger partial charge in [-0.2, -0.15) is 0 Å². The van der Waals surface area contributed by atoms with Crippen molar-refractivity contribution in [2.45, 2.75) is 25.8 Å². The third kappa shape index (κ3) is 8.89. The maximum Gasteiger partial charge on any atom is 0.272 e. The van der Waals surface area contributed by atoms with E-state index in [-0.39, 0.29) is 48.4 Å². The van der Waals surface area contributed by atoms with Gasteiger partial charge in [0, 0.05) is 30.3 Å². The molecule has 0 atom stereocenters. The van der Waals surface area contributed by atoms with Crippen molar-refractivity contribution in [2.75, 3.05) is 13.2 Å². The highest BCUT2D eigenvalue weighted by atomic mass is 35.5. The highest BCUT2D eigenvalue weighted by molar-refractivity contribution is 6.30. The van der Waals surface area contributed by atoms with E-state index in [0.717, 1.165) is 6.07 Å². The second-order valence-corrected chi connectivity index (χ2v) is 7.01. The van der Waals surface area contributed by atoms with E-state index >= 15 is 0 Å². The number of benzene rings is 2. The van der Waals surface area contributed by atoms with Crippen molar-refractivity contribution < 1.29 is 32.2 Å². The normalized spacial score (nSPS) is 10.5. The zero-order chi connectivity index (χ0) is 23.5. The van der Waals surface area contributed by atoms with Gasteiger partial charge in [-0.25, -0.2) is 13.2 Å². The average Bonchev–Trinajstić information content (AvgIpc) is 2.76. The lowest BCUT2D eigenvalue weighted by Crippen LogP contribution is -2.29. The first-order valence-electron chi connectivity index (χ1n) is 9.55. The molecule has 0 aliphatic rings. The van der Waals surface area contributed by atoms with Gasteiger partial charge in [0.25, 0.3) is 12.3 Å². The van der Waals surface area contributed by atoms with E-state index in [2.05, 4.69) is 17.2 Å². The molecule has 0 radical (unpaired) electrons. The summed E-state index contributed by atoms with van der Waals surface area (Å²) in [6, 6.07) is 10.3. The molecule has 32 heavy (non-hydrogen) atoms. The van der Waals surface area contributed by atoms with Crippen molar-refractivity contribution >= 4 is 23.4 Å². The van der Waals surface area contributed by atoms with Gasteiger partial charge < -0.3 is 20.1 Å². The van der Waals surface area contributed by atoms with E-state index < -0.39 is 24.8 Å². The predicted octanol–water partition coefficient (Wildman–Crippen LogP) is 4.23. The molecule has 2 amide bonds. The molecule has 10 heteroatoms. The second kappa shape index (κ2) is 12.6. The fourth-order valence-corrected chi connectivity index (χ4v) is 2.62. The number of hydrogen-bond donors (Lipinski definition) is 2. The van der Waals surface area contributed by atoms with Crippen LogP contribution >= 0.6 is 11.6 Å². The van der Waals surface area contributed by atoms with Crippen molar-refractivity contribution in [1.82, 2.24) is 10.6 Å². The van der Waals surface area contributed by atoms with E-state index in [4.69, 9.17) is 21.1 Å². The molecule has 2 aromatic carbocycles. The molecule has 0 unspecified atom stereocenters. The second-order valence-electron chi connectivity index (χ2n) is 6.60. The Morgan fingerprint density at radius 2 is 1.81 bits per heavy atom. The monoisotopic (exact) mass is 470 g/mol. The molecule has 0 fully saturated rings. The number of nitrogens with one attached hydrogen (secondary N) is 2. The quantitative estimate of drug-likeness (QED) is 0.487. The Kier molecular flexibility index (Phi) is 9.87. The Labute approximate surface area is 188 Å². The largest absolute Gasteiger partial charge is 0.487 e. The summed E-state index contributed by atoms with van der Waals surface area (Å²) in [4.78, 5) is 24.0. The van der Waals surface area contributed by atoms with Crippen LogP contribution in [0.5, 0.6) is 11.5 Å². The Hall–Kier alpha value is -3.20. The number of para-hydroxylation sites is 1. The van der Waals surface area contributed by atoms with E-state index in [9.17, 15) is 22.8 Å². The summed E-state index contributed by atoms with van der Waals surface area (Å²) >= 11 is 5.58. The lowest BCUT2D eigenvalue weighted by atomic mass is 10.2. The molecule has 0 saturated heterocycles. The molecule has 0 saturated carbocycles. The highest BCUT2D eigenvalue weighted by Gasteiger charge is 2.11. The van der Waals surface area contributed by atoms with Crippen molar-refractivity contribution in [2.24, 2.45) is 0 Å². The molecule has 0 aromatic heterocycles. The highest BCUT2D eigenvalue weighted by Crippen LogP contribution is 2.20. The van der Waals surface area contributed by atoms with Gasteiger partial charge in [-0.3, -0.25) is 9.59 Å². The summed E-state index contributed by atoms with van der Waals surface area (Å²) in [6.07, 6.45) is -2.38. The number of allylic oxidation sites excluding steroid dienone is 1. The average molecular weight is 471 g/mol. The zero-order valence-electron chi connectivity index (χ0n) is 17.0. The number of halogens is 4. The van der Waals surface area contributed by atoms with Gasteiger partial charge in [-0.15, -0.1) is 0 Å². The van der Waals surface area contributed by atoms with Crippen LogP contribution in [0.25, 0.3) is 0 Å². The predicted molar refractivity (Wildman–Crippen MR) is 113 cm³/mol. The minimum absolute atomic E-state index is 0.0441. The summed E-state index contributed by atoms with van der Waals surface area (Å²) < 4.78 is 48.2. The maximum atomic E-state index is 13.4. The minimum Gasteiger partial charge on any atom is -0.487 e. The molecular weight excluding hydrogens is 449 g/mol.